The third kappa shape index (κ3) is 5.17. The molecule has 0 aromatic heterocycles. The number of nitrogens with zero attached hydrogens (tertiary/aromatic N) is 1. The zero-order valence-corrected chi connectivity index (χ0v) is 14.1. The molecule has 0 saturated carbocycles. The summed E-state index contributed by atoms with van der Waals surface area (Å²) in [6.07, 6.45) is 1.89. The summed E-state index contributed by atoms with van der Waals surface area (Å²) in [7, 11) is -4.16. The lowest BCUT2D eigenvalue weighted by atomic mass is 10.1. The van der Waals surface area contributed by atoms with E-state index in [4.69, 9.17) is 6.42 Å². The van der Waals surface area contributed by atoms with E-state index in [9.17, 15) is 26.0 Å². The number of likely N-dealkylation sites (tertiary alicyclic amines) is 1. The highest BCUT2D eigenvalue weighted by molar-refractivity contribution is 7.89. The van der Waals surface area contributed by atoms with Gasteiger partial charge in [0.1, 0.15) is 5.82 Å². The van der Waals surface area contributed by atoms with Gasteiger partial charge in [0.05, 0.1) is 10.5 Å². The average Bonchev–Trinajstić information content (AvgIpc) is 2.53. The number of alkyl halides is 3. The van der Waals surface area contributed by atoms with E-state index in [2.05, 4.69) is 15.5 Å². The highest BCUT2D eigenvalue weighted by Crippen LogP contribution is 2.32. The maximum atomic E-state index is 13.3. The molecule has 138 valence electrons. The molecule has 1 aromatic carbocycles. The number of benzene rings is 1. The Bertz CT molecular complexity index is 748. The fourth-order valence-electron chi connectivity index (χ4n) is 2.67. The Morgan fingerprint density at radius 1 is 1.28 bits per heavy atom. The van der Waals surface area contributed by atoms with Crippen molar-refractivity contribution in [1.82, 2.24) is 9.62 Å². The molecule has 1 saturated heterocycles. The van der Waals surface area contributed by atoms with Crippen LogP contribution >= 0.6 is 0 Å². The summed E-state index contributed by atoms with van der Waals surface area (Å²) < 4.78 is 78.5. The van der Waals surface area contributed by atoms with E-state index >= 15 is 0 Å². The molecule has 0 atom stereocenters. The van der Waals surface area contributed by atoms with Crippen LogP contribution in [0.25, 0.3) is 0 Å². The molecule has 4 nitrogen and oxygen atoms in total. The second kappa shape index (κ2) is 7.72. The Hall–Kier alpha value is -1.63. The molecule has 0 spiro atoms. The zero-order valence-electron chi connectivity index (χ0n) is 13.3. The number of halogens is 4. The van der Waals surface area contributed by atoms with E-state index in [0.29, 0.717) is 44.5 Å². The Kier molecular flexibility index (Phi) is 6.08. The van der Waals surface area contributed by atoms with Crippen LogP contribution in [0.1, 0.15) is 24.8 Å². The van der Waals surface area contributed by atoms with Crippen molar-refractivity contribution in [2.24, 2.45) is 0 Å². The van der Waals surface area contributed by atoms with Crippen molar-refractivity contribution in [2.45, 2.75) is 36.4 Å². The first-order valence-corrected chi connectivity index (χ1v) is 9.16. The van der Waals surface area contributed by atoms with E-state index in [0.717, 1.165) is 12.6 Å². The van der Waals surface area contributed by atoms with Crippen LogP contribution in [0.5, 0.6) is 0 Å². The van der Waals surface area contributed by atoms with Crippen molar-refractivity contribution >= 4 is 10.0 Å². The fraction of sp³-hybridized carbons (Fsp3) is 0.500. The summed E-state index contributed by atoms with van der Waals surface area (Å²) in [6, 6.07) is 1.28. The largest absolute Gasteiger partial charge is 0.419 e. The minimum atomic E-state index is -4.96. The molecule has 0 aliphatic carbocycles. The van der Waals surface area contributed by atoms with Crippen molar-refractivity contribution in [1.29, 1.82) is 0 Å². The Morgan fingerprint density at radius 3 is 2.48 bits per heavy atom. The van der Waals surface area contributed by atoms with Crippen LogP contribution in [-0.2, 0) is 16.2 Å². The summed E-state index contributed by atoms with van der Waals surface area (Å²) in [6.45, 7) is 2.01. The lowest BCUT2D eigenvalue weighted by Crippen LogP contribution is -2.44. The maximum Gasteiger partial charge on any atom is 0.419 e. The highest BCUT2D eigenvalue weighted by atomic mass is 32.2. The lowest BCUT2D eigenvalue weighted by molar-refractivity contribution is -0.140. The van der Waals surface area contributed by atoms with Gasteiger partial charge in [-0.3, -0.25) is 0 Å². The summed E-state index contributed by atoms with van der Waals surface area (Å²) >= 11 is 0. The van der Waals surface area contributed by atoms with E-state index < -0.39 is 32.5 Å². The average molecular weight is 378 g/mol. The second-order valence-electron chi connectivity index (χ2n) is 5.83. The molecule has 1 heterocycles. The Balaban J connectivity index is 2.07. The molecular weight excluding hydrogens is 360 g/mol. The van der Waals surface area contributed by atoms with Crippen LogP contribution in [0.15, 0.2) is 23.1 Å². The standard InChI is InChI=1S/C16H18F4N2O2S/c1-2-3-8-22-9-6-12(7-10-22)21-25(23,24)13-4-5-15(17)14(11-13)16(18,19)20/h1,4-5,11-12,21H,3,6-10H2. The zero-order chi connectivity index (χ0) is 18.7. The first-order valence-electron chi connectivity index (χ1n) is 7.68. The number of hydrogen-bond acceptors (Lipinski definition) is 3. The number of rotatable bonds is 5. The molecule has 0 amide bonds. The van der Waals surface area contributed by atoms with E-state index in [1.54, 1.807) is 0 Å². The molecule has 1 aromatic rings. The third-order valence-electron chi connectivity index (χ3n) is 4.04. The quantitative estimate of drug-likeness (QED) is 0.633. The first kappa shape index (κ1) is 19.7. The number of terminal acetylenes is 1. The molecule has 0 radical (unpaired) electrons. The molecule has 25 heavy (non-hydrogen) atoms. The lowest BCUT2D eigenvalue weighted by Gasteiger charge is -2.31. The van der Waals surface area contributed by atoms with Gasteiger partial charge < -0.3 is 4.90 Å². The van der Waals surface area contributed by atoms with Crippen molar-refractivity contribution in [2.75, 3.05) is 19.6 Å². The summed E-state index contributed by atoms with van der Waals surface area (Å²) in [5.41, 5.74) is -1.60. The molecule has 0 bridgehead atoms. The molecular formula is C16H18F4N2O2S. The van der Waals surface area contributed by atoms with Gasteiger partial charge in [-0.15, -0.1) is 12.3 Å². The van der Waals surface area contributed by atoms with Crippen LogP contribution < -0.4 is 4.72 Å². The monoisotopic (exact) mass is 378 g/mol. The molecule has 1 aliphatic rings. The first-order chi connectivity index (χ1) is 11.6. The van der Waals surface area contributed by atoms with Crippen LogP contribution in [0.2, 0.25) is 0 Å². The van der Waals surface area contributed by atoms with Crippen LogP contribution in [0.3, 0.4) is 0 Å². The summed E-state index contributed by atoms with van der Waals surface area (Å²) in [5, 5.41) is 0. The minimum Gasteiger partial charge on any atom is -0.302 e. The van der Waals surface area contributed by atoms with Gasteiger partial charge in [-0.25, -0.2) is 17.5 Å². The second-order valence-corrected chi connectivity index (χ2v) is 7.54. The van der Waals surface area contributed by atoms with E-state index in [1.165, 1.54) is 0 Å². The highest BCUT2D eigenvalue weighted by Gasteiger charge is 2.35. The smallest absolute Gasteiger partial charge is 0.302 e. The minimum absolute atomic E-state index is 0.319. The predicted octanol–water partition coefficient (Wildman–Crippen LogP) is 2.61. The number of nitrogens with one attached hydrogen (secondary N) is 1. The number of piperidine rings is 1. The predicted molar refractivity (Wildman–Crippen MR) is 84.6 cm³/mol. The molecule has 1 fully saturated rings. The Morgan fingerprint density at radius 2 is 1.92 bits per heavy atom. The van der Waals surface area contributed by atoms with Gasteiger partial charge >= 0.3 is 6.18 Å². The topological polar surface area (TPSA) is 49.4 Å². The number of sulfonamides is 1. The molecule has 1 aliphatic heterocycles. The SMILES string of the molecule is C#CCCN1CCC(NS(=O)(=O)c2ccc(F)c(C(F)(F)F)c2)CC1. The van der Waals surface area contributed by atoms with Crippen molar-refractivity contribution in [3.8, 4) is 12.3 Å². The van der Waals surface area contributed by atoms with E-state index in [1.807, 2.05) is 0 Å². The molecule has 9 heteroatoms. The molecule has 2 rings (SSSR count). The third-order valence-corrected chi connectivity index (χ3v) is 5.55. The van der Waals surface area contributed by atoms with Gasteiger partial charge in [0, 0.05) is 19.0 Å². The summed E-state index contributed by atoms with van der Waals surface area (Å²) in [4.78, 5) is 1.50. The van der Waals surface area contributed by atoms with Crippen molar-refractivity contribution < 1.29 is 26.0 Å². The van der Waals surface area contributed by atoms with Gasteiger partial charge in [-0.1, -0.05) is 0 Å². The number of hydrogen-bond donors (Lipinski definition) is 1. The Labute approximate surface area is 144 Å². The van der Waals surface area contributed by atoms with Gasteiger partial charge in [0.25, 0.3) is 0 Å². The van der Waals surface area contributed by atoms with Crippen LogP contribution in [0, 0.1) is 18.2 Å². The normalized spacial score (nSPS) is 17.4. The van der Waals surface area contributed by atoms with Crippen LogP contribution in [0.4, 0.5) is 17.6 Å². The van der Waals surface area contributed by atoms with Gasteiger partial charge in [0.2, 0.25) is 10.0 Å². The fourth-order valence-corrected chi connectivity index (χ4v) is 4.00. The van der Waals surface area contributed by atoms with Gasteiger partial charge in [0.15, 0.2) is 0 Å². The maximum absolute atomic E-state index is 13.3. The van der Waals surface area contributed by atoms with E-state index in [-0.39, 0.29) is 6.04 Å². The molecule has 0 unspecified atom stereocenters. The molecule has 1 N–H and O–H groups in total. The van der Waals surface area contributed by atoms with Crippen molar-refractivity contribution in [3.63, 3.8) is 0 Å². The van der Waals surface area contributed by atoms with Crippen molar-refractivity contribution in [3.05, 3.63) is 29.6 Å². The van der Waals surface area contributed by atoms with Gasteiger partial charge in [-0.05, 0) is 44.1 Å². The van der Waals surface area contributed by atoms with Gasteiger partial charge in [-0.2, -0.15) is 13.2 Å². The van der Waals surface area contributed by atoms with Crippen LogP contribution in [-0.4, -0.2) is 39.0 Å². The summed E-state index contributed by atoms with van der Waals surface area (Å²) in [5.74, 6) is 1.03.